The highest BCUT2D eigenvalue weighted by molar-refractivity contribution is 5.88. The minimum absolute atomic E-state index is 0.231. The van der Waals surface area contributed by atoms with Crippen LogP contribution in [0.2, 0.25) is 0 Å². The highest BCUT2D eigenvalue weighted by Gasteiger charge is 2.19. The van der Waals surface area contributed by atoms with Crippen molar-refractivity contribution in [3.05, 3.63) is 53.5 Å². The molecule has 1 aromatic heterocycles. The fourth-order valence-electron chi connectivity index (χ4n) is 2.27. The zero-order valence-corrected chi connectivity index (χ0v) is 13.8. The quantitative estimate of drug-likeness (QED) is 0.578. The van der Waals surface area contributed by atoms with Crippen LogP contribution in [0.5, 0.6) is 0 Å². The van der Waals surface area contributed by atoms with E-state index in [1.807, 2.05) is 6.92 Å². The number of aryl methyl sites for hydroxylation is 1. The van der Waals surface area contributed by atoms with E-state index in [2.05, 4.69) is 20.6 Å². The molecule has 128 valence electrons. The lowest BCUT2D eigenvalue weighted by molar-refractivity contribution is 0.0697. The van der Waals surface area contributed by atoms with Crippen molar-refractivity contribution in [3.63, 3.8) is 0 Å². The van der Waals surface area contributed by atoms with Gasteiger partial charge < -0.3 is 21.1 Å². The van der Waals surface area contributed by atoms with Crippen LogP contribution in [0.4, 0.5) is 5.95 Å². The zero-order chi connectivity index (χ0) is 17.8. The number of carboxylic acids is 1. The number of anilines is 1. The summed E-state index contributed by atoms with van der Waals surface area (Å²) in [5.41, 5.74) is 3.21. The number of aromatic nitrogens is 2. The molecule has 1 aliphatic rings. The summed E-state index contributed by atoms with van der Waals surface area (Å²) in [4.78, 5) is 19.7. The van der Waals surface area contributed by atoms with Crippen LogP contribution in [-0.2, 0) is 0 Å². The number of aromatic carboxylic acids is 1. The molecule has 2 aromatic rings. The lowest BCUT2D eigenvalue weighted by Crippen LogP contribution is -2.13. The Hall–Kier alpha value is -3.22. The van der Waals surface area contributed by atoms with Gasteiger partial charge in [0.15, 0.2) is 0 Å². The van der Waals surface area contributed by atoms with Gasteiger partial charge in [0.1, 0.15) is 0 Å². The molecular weight excluding hydrogens is 318 g/mol. The highest BCUT2D eigenvalue weighted by atomic mass is 16.4. The highest BCUT2D eigenvalue weighted by Crippen LogP contribution is 2.23. The molecule has 7 nitrogen and oxygen atoms in total. The van der Waals surface area contributed by atoms with E-state index in [1.165, 1.54) is 6.21 Å². The van der Waals surface area contributed by atoms with Gasteiger partial charge in [-0.05, 0) is 37.5 Å². The largest absolute Gasteiger partial charge is 0.478 e. The van der Waals surface area contributed by atoms with Gasteiger partial charge in [-0.1, -0.05) is 12.1 Å². The Morgan fingerprint density at radius 3 is 2.64 bits per heavy atom. The van der Waals surface area contributed by atoms with E-state index in [1.54, 1.807) is 36.7 Å². The Kier molecular flexibility index (Phi) is 4.74. The van der Waals surface area contributed by atoms with Crippen molar-refractivity contribution in [3.8, 4) is 11.3 Å². The number of carbonyl (C=O) groups is 1. The van der Waals surface area contributed by atoms with Crippen molar-refractivity contribution in [1.82, 2.24) is 15.3 Å². The second-order valence-electron chi connectivity index (χ2n) is 5.92. The van der Waals surface area contributed by atoms with Crippen LogP contribution in [-0.4, -0.2) is 33.3 Å². The van der Waals surface area contributed by atoms with Crippen LogP contribution in [0, 0.1) is 12.3 Å². The molecule has 0 amide bonds. The lowest BCUT2D eigenvalue weighted by atomic mass is 10.1. The second-order valence-corrected chi connectivity index (χ2v) is 5.92. The first kappa shape index (κ1) is 16.6. The summed E-state index contributed by atoms with van der Waals surface area (Å²) < 4.78 is 0. The third-order valence-corrected chi connectivity index (χ3v) is 3.84. The maximum Gasteiger partial charge on any atom is 0.335 e. The summed E-state index contributed by atoms with van der Waals surface area (Å²) >= 11 is 0. The molecule has 0 spiro atoms. The maximum absolute atomic E-state index is 11.0. The van der Waals surface area contributed by atoms with Gasteiger partial charge in [0.2, 0.25) is 5.95 Å². The van der Waals surface area contributed by atoms with Crippen molar-refractivity contribution in [1.29, 1.82) is 5.41 Å². The Morgan fingerprint density at radius 1 is 1.32 bits per heavy atom. The molecule has 0 saturated heterocycles. The number of hydrogen-bond donors (Lipinski definition) is 4. The van der Waals surface area contributed by atoms with E-state index < -0.39 is 5.97 Å². The van der Waals surface area contributed by atoms with Crippen molar-refractivity contribution in [2.45, 2.75) is 25.8 Å². The van der Waals surface area contributed by atoms with Crippen molar-refractivity contribution in [2.75, 3.05) is 5.32 Å². The molecule has 25 heavy (non-hydrogen) atoms. The number of nitrogens with zero attached hydrogens (tertiary/aromatic N) is 2. The van der Waals surface area contributed by atoms with Crippen molar-refractivity contribution in [2.24, 2.45) is 0 Å². The van der Waals surface area contributed by atoms with Crippen LogP contribution in [0.3, 0.4) is 0 Å². The normalized spacial score (nSPS) is 14.0. The minimum Gasteiger partial charge on any atom is -0.478 e. The van der Waals surface area contributed by atoms with E-state index >= 15 is 0 Å². The van der Waals surface area contributed by atoms with Crippen LogP contribution in [0.1, 0.15) is 28.8 Å². The summed E-state index contributed by atoms with van der Waals surface area (Å²) in [5, 5.41) is 22.7. The molecule has 1 heterocycles. The second kappa shape index (κ2) is 7.12. The number of rotatable bonds is 7. The predicted molar refractivity (Wildman–Crippen MR) is 95.8 cm³/mol. The zero-order valence-electron chi connectivity index (χ0n) is 13.8. The van der Waals surface area contributed by atoms with Crippen molar-refractivity contribution < 1.29 is 9.90 Å². The summed E-state index contributed by atoms with van der Waals surface area (Å²) in [6.07, 6.45) is 6.97. The Morgan fingerprint density at radius 2 is 2.04 bits per heavy atom. The number of carboxylic acid groups (broad SMARTS) is 1. The van der Waals surface area contributed by atoms with Crippen LogP contribution in [0.15, 0.2) is 42.4 Å². The molecule has 0 unspecified atom stereocenters. The molecule has 0 aliphatic heterocycles. The van der Waals surface area contributed by atoms with Crippen molar-refractivity contribution >= 4 is 18.1 Å². The van der Waals surface area contributed by atoms with Gasteiger partial charge in [-0.3, -0.25) is 0 Å². The SMILES string of the molecule is Cc1cnc(N/C(C=N)=C/NC2CC2)nc1-c1ccc(C(=O)O)cc1. The van der Waals surface area contributed by atoms with Gasteiger partial charge >= 0.3 is 5.97 Å². The minimum atomic E-state index is -0.961. The van der Waals surface area contributed by atoms with E-state index in [0.29, 0.717) is 23.4 Å². The lowest BCUT2D eigenvalue weighted by Gasteiger charge is -2.10. The number of benzene rings is 1. The molecule has 1 aliphatic carbocycles. The molecule has 1 fully saturated rings. The number of nitrogens with one attached hydrogen (secondary N) is 3. The first-order chi connectivity index (χ1) is 12.1. The van der Waals surface area contributed by atoms with Gasteiger partial charge in [-0.25, -0.2) is 14.8 Å². The molecule has 7 heteroatoms. The molecular formula is C18H19N5O2. The van der Waals surface area contributed by atoms with Gasteiger partial charge in [0.25, 0.3) is 0 Å². The average molecular weight is 337 g/mol. The Bertz CT molecular complexity index is 826. The van der Waals surface area contributed by atoms with Gasteiger partial charge in [0.05, 0.1) is 17.0 Å². The Labute approximate surface area is 145 Å². The molecule has 3 rings (SSSR count). The van der Waals surface area contributed by atoms with Gasteiger partial charge in [0, 0.05) is 30.2 Å². The van der Waals surface area contributed by atoms with Crippen LogP contribution < -0.4 is 10.6 Å². The first-order valence-corrected chi connectivity index (χ1v) is 7.98. The van der Waals surface area contributed by atoms with E-state index in [4.69, 9.17) is 10.5 Å². The monoisotopic (exact) mass is 337 g/mol. The predicted octanol–water partition coefficient (Wildman–Crippen LogP) is 2.81. The Balaban J connectivity index is 1.83. The summed E-state index contributed by atoms with van der Waals surface area (Å²) in [5.74, 6) is -0.576. The summed E-state index contributed by atoms with van der Waals surface area (Å²) in [6.45, 7) is 1.90. The molecule has 4 N–H and O–H groups in total. The topological polar surface area (TPSA) is 111 Å². The third kappa shape index (κ3) is 4.20. The fraction of sp³-hybridized carbons (Fsp3) is 0.222. The maximum atomic E-state index is 11.0. The molecule has 0 atom stereocenters. The van der Waals surface area contributed by atoms with E-state index in [9.17, 15) is 4.79 Å². The smallest absolute Gasteiger partial charge is 0.335 e. The van der Waals surface area contributed by atoms with E-state index in [0.717, 1.165) is 24.0 Å². The number of hydrogen-bond acceptors (Lipinski definition) is 6. The third-order valence-electron chi connectivity index (χ3n) is 3.84. The molecule has 0 bridgehead atoms. The van der Waals surface area contributed by atoms with Crippen LogP contribution >= 0.6 is 0 Å². The first-order valence-electron chi connectivity index (χ1n) is 7.98. The van der Waals surface area contributed by atoms with Gasteiger partial charge in [-0.2, -0.15) is 0 Å². The average Bonchev–Trinajstić information content (AvgIpc) is 3.44. The summed E-state index contributed by atoms with van der Waals surface area (Å²) in [7, 11) is 0. The molecule has 0 radical (unpaired) electrons. The number of allylic oxidation sites excluding steroid dienone is 1. The molecule has 1 aromatic carbocycles. The fourth-order valence-corrected chi connectivity index (χ4v) is 2.27. The van der Waals surface area contributed by atoms with Crippen LogP contribution in [0.25, 0.3) is 11.3 Å². The van der Waals surface area contributed by atoms with Gasteiger partial charge in [-0.15, -0.1) is 0 Å². The molecule has 1 saturated carbocycles. The summed E-state index contributed by atoms with van der Waals surface area (Å²) in [6, 6.07) is 7.05. The standard InChI is InChI=1S/C18H19N5O2/c1-11-9-21-18(22-15(8-19)10-20-14-6-7-14)23-16(11)12-2-4-13(5-3-12)17(24)25/h2-5,8-10,14,19-20H,6-7H2,1H3,(H,24,25)(H,21,22,23)/b15-10+,19-8?. The van der Waals surface area contributed by atoms with E-state index in [-0.39, 0.29) is 5.56 Å².